The average Bonchev–Trinajstić information content (AvgIpc) is 2.45. The van der Waals surface area contributed by atoms with Crippen LogP contribution in [0.4, 0.5) is 10.5 Å². The van der Waals surface area contributed by atoms with Crippen molar-refractivity contribution in [2.45, 2.75) is 32.8 Å². The van der Waals surface area contributed by atoms with Crippen molar-refractivity contribution in [2.24, 2.45) is 5.92 Å². The van der Waals surface area contributed by atoms with Crippen molar-refractivity contribution in [3.63, 3.8) is 0 Å². The Morgan fingerprint density at radius 2 is 2.04 bits per heavy atom. The lowest BCUT2D eigenvalue weighted by Gasteiger charge is -2.18. The van der Waals surface area contributed by atoms with Gasteiger partial charge in [0, 0.05) is 11.8 Å². The minimum absolute atomic E-state index is 0.404. The standard InChI is InChI=1S/C16H24N2O5/c1-11(2)7-8-23-13-6-4-5-12(9-13)18-15(21)17-10-16(3,22)14(19)20/h4-6,9,11,22H,7-8,10H2,1-3H3,(H,19,20)(H2,17,18,21). The highest BCUT2D eigenvalue weighted by Gasteiger charge is 2.30. The molecule has 0 saturated carbocycles. The van der Waals surface area contributed by atoms with Gasteiger partial charge in [-0.1, -0.05) is 19.9 Å². The van der Waals surface area contributed by atoms with Gasteiger partial charge in [-0.15, -0.1) is 0 Å². The van der Waals surface area contributed by atoms with Crippen LogP contribution in [0.3, 0.4) is 0 Å². The summed E-state index contributed by atoms with van der Waals surface area (Å²) >= 11 is 0. The van der Waals surface area contributed by atoms with Gasteiger partial charge in [0.1, 0.15) is 5.75 Å². The summed E-state index contributed by atoms with van der Waals surface area (Å²) < 4.78 is 5.60. The molecule has 1 unspecified atom stereocenters. The van der Waals surface area contributed by atoms with E-state index in [4.69, 9.17) is 9.84 Å². The number of aliphatic hydroxyl groups is 1. The van der Waals surface area contributed by atoms with Crippen LogP contribution in [0.1, 0.15) is 27.2 Å². The molecule has 1 atom stereocenters. The molecule has 0 spiro atoms. The molecule has 7 nitrogen and oxygen atoms in total. The van der Waals surface area contributed by atoms with Crippen molar-refractivity contribution in [2.75, 3.05) is 18.5 Å². The molecule has 2 amide bonds. The van der Waals surface area contributed by atoms with E-state index in [-0.39, 0.29) is 0 Å². The van der Waals surface area contributed by atoms with E-state index in [1.54, 1.807) is 24.3 Å². The number of ether oxygens (including phenoxy) is 1. The normalized spacial score (nSPS) is 13.3. The number of amides is 2. The molecule has 0 heterocycles. The van der Waals surface area contributed by atoms with Gasteiger partial charge in [-0.25, -0.2) is 9.59 Å². The van der Waals surface area contributed by atoms with Crippen LogP contribution in [-0.2, 0) is 4.79 Å². The van der Waals surface area contributed by atoms with Crippen LogP contribution in [-0.4, -0.2) is 41.0 Å². The van der Waals surface area contributed by atoms with E-state index in [2.05, 4.69) is 24.5 Å². The SMILES string of the molecule is CC(C)CCOc1cccc(NC(=O)NCC(C)(O)C(=O)O)c1. The van der Waals surface area contributed by atoms with Gasteiger partial charge in [0.25, 0.3) is 0 Å². The summed E-state index contributed by atoms with van der Waals surface area (Å²) in [4.78, 5) is 22.5. The van der Waals surface area contributed by atoms with Crippen LogP contribution >= 0.6 is 0 Å². The van der Waals surface area contributed by atoms with Crippen molar-refractivity contribution in [1.29, 1.82) is 0 Å². The van der Waals surface area contributed by atoms with Crippen molar-refractivity contribution < 1.29 is 24.5 Å². The molecule has 23 heavy (non-hydrogen) atoms. The Bertz CT molecular complexity index is 543. The number of hydrogen-bond acceptors (Lipinski definition) is 4. The second-order valence-corrected chi connectivity index (χ2v) is 5.95. The minimum atomic E-state index is -2.01. The Kier molecular flexibility index (Phi) is 6.84. The fraction of sp³-hybridized carbons (Fsp3) is 0.500. The Labute approximate surface area is 135 Å². The quantitative estimate of drug-likeness (QED) is 0.585. The number of rotatable bonds is 8. The molecule has 7 heteroatoms. The number of aliphatic carboxylic acids is 1. The van der Waals surface area contributed by atoms with Gasteiger partial charge >= 0.3 is 12.0 Å². The fourth-order valence-corrected chi connectivity index (χ4v) is 1.58. The maximum atomic E-state index is 11.7. The van der Waals surface area contributed by atoms with E-state index >= 15 is 0 Å². The number of carbonyl (C=O) groups excluding carboxylic acids is 1. The number of carbonyl (C=O) groups is 2. The number of carboxylic acid groups (broad SMARTS) is 1. The molecule has 0 aliphatic carbocycles. The van der Waals surface area contributed by atoms with Gasteiger partial charge in [0.05, 0.1) is 13.2 Å². The third-order valence-corrected chi connectivity index (χ3v) is 3.11. The Hall–Kier alpha value is -2.28. The maximum Gasteiger partial charge on any atom is 0.337 e. The summed E-state index contributed by atoms with van der Waals surface area (Å²) in [7, 11) is 0. The molecule has 1 aromatic rings. The molecule has 0 radical (unpaired) electrons. The largest absolute Gasteiger partial charge is 0.494 e. The maximum absolute atomic E-state index is 11.7. The molecular weight excluding hydrogens is 300 g/mol. The van der Waals surface area contributed by atoms with Gasteiger partial charge in [-0.05, 0) is 31.4 Å². The number of hydrogen-bond donors (Lipinski definition) is 4. The molecule has 1 aromatic carbocycles. The van der Waals surface area contributed by atoms with Gasteiger partial charge in [0.2, 0.25) is 0 Å². The molecule has 1 rings (SSSR count). The van der Waals surface area contributed by atoms with Gasteiger partial charge in [-0.3, -0.25) is 0 Å². The van der Waals surface area contributed by atoms with Gasteiger partial charge in [-0.2, -0.15) is 0 Å². The van der Waals surface area contributed by atoms with E-state index in [9.17, 15) is 14.7 Å². The number of carboxylic acids is 1. The first kappa shape index (κ1) is 18.8. The summed E-state index contributed by atoms with van der Waals surface area (Å²) in [6.07, 6.45) is 0.933. The summed E-state index contributed by atoms with van der Waals surface area (Å²) in [5.41, 5.74) is -1.50. The van der Waals surface area contributed by atoms with Crippen molar-refractivity contribution >= 4 is 17.7 Å². The van der Waals surface area contributed by atoms with Crippen molar-refractivity contribution in [1.82, 2.24) is 5.32 Å². The van der Waals surface area contributed by atoms with Crippen LogP contribution < -0.4 is 15.4 Å². The van der Waals surface area contributed by atoms with Crippen molar-refractivity contribution in [3.05, 3.63) is 24.3 Å². The summed E-state index contributed by atoms with van der Waals surface area (Å²) in [6, 6.07) is 6.29. The van der Waals surface area contributed by atoms with E-state index in [1.165, 1.54) is 0 Å². The van der Waals surface area contributed by atoms with Crippen LogP contribution in [0, 0.1) is 5.92 Å². The van der Waals surface area contributed by atoms with E-state index in [0.29, 0.717) is 24.0 Å². The monoisotopic (exact) mass is 324 g/mol. The van der Waals surface area contributed by atoms with E-state index in [1.807, 2.05) is 0 Å². The molecule has 0 saturated heterocycles. The number of benzene rings is 1. The molecule has 0 aliphatic rings. The Morgan fingerprint density at radius 1 is 1.35 bits per heavy atom. The summed E-state index contributed by atoms with van der Waals surface area (Å²) in [6.45, 7) is 5.52. The second-order valence-electron chi connectivity index (χ2n) is 5.95. The third kappa shape index (κ3) is 7.01. The first-order valence-corrected chi connectivity index (χ1v) is 7.44. The smallest absolute Gasteiger partial charge is 0.337 e. The van der Waals surface area contributed by atoms with E-state index < -0.39 is 24.1 Å². The predicted octanol–water partition coefficient (Wildman–Crippen LogP) is 2.07. The molecule has 0 bridgehead atoms. The van der Waals surface area contributed by atoms with Gasteiger partial charge in [0.15, 0.2) is 5.60 Å². The molecule has 0 fully saturated rings. The lowest BCUT2D eigenvalue weighted by Crippen LogP contribution is -2.47. The Morgan fingerprint density at radius 3 is 2.65 bits per heavy atom. The zero-order chi connectivity index (χ0) is 17.5. The van der Waals surface area contributed by atoms with Crippen LogP contribution in [0.25, 0.3) is 0 Å². The van der Waals surface area contributed by atoms with Crippen LogP contribution in [0.2, 0.25) is 0 Å². The minimum Gasteiger partial charge on any atom is -0.494 e. The van der Waals surface area contributed by atoms with Crippen LogP contribution in [0.5, 0.6) is 5.75 Å². The average molecular weight is 324 g/mol. The molecule has 4 N–H and O–H groups in total. The van der Waals surface area contributed by atoms with E-state index in [0.717, 1.165) is 13.3 Å². The first-order valence-electron chi connectivity index (χ1n) is 7.44. The van der Waals surface area contributed by atoms with Gasteiger partial charge < -0.3 is 25.6 Å². The topological polar surface area (TPSA) is 108 Å². The summed E-state index contributed by atoms with van der Waals surface area (Å²) in [5, 5.41) is 23.2. The fourth-order valence-electron chi connectivity index (χ4n) is 1.58. The molecule has 0 aromatic heterocycles. The lowest BCUT2D eigenvalue weighted by atomic mass is 10.1. The number of nitrogens with one attached hydrogen (secondary N) is 2. The number of anilines is 1. The first-order chi connectivity index (χ1) is 10.7. The van der Waals surface area contributed by atoms with Crippen molar-refractivity contribution in [3.8, 4) is 5.75 Å². The molecule has 128 valence electrons. The highest BCUT2D eigenvalue weighted by Crippen LogP contribution is 2.18. The highest BCUT2D eigenvalue weighted by atomic mass is 16.5. The molecular formula is C16H24N2O5. The van der Waals surface area contributed by atoms with Crippen LogP contribution in [0.15, 0.2) is 24.3 Å². The predicted molar refractivity (Wildman–Crippen MR) is 86.7 cm³/mol. The zero-order valence-electron chi connectivity index (χ0n) is 13.6. The summed E-state index contributed by atoms with van der Waals surface area (Å²) in [5.74, 6) is -0.219. The highest BCUT2D eigenvalue weighted by molar-refractivity contribution is 5.90. The lowest BCUT2D eigenvalue weighted by molar-refractivity contribution is -0.155. The number of urea groups is 1. The zero-order valence-corrected chi connectivity index (χ0v) is 13.6. The second kappa shape index (κ2) is 8.38. The Balaban J connectivity index is 2.50. The molecule has 0 aliphatic heterocycles. The third-order valence-electron chi connectivity index (χ3n) is 3.11.